The molecule has 1 unspecified atom stereocenters. The van der Waals surface area contributed by atoms with Crippen LogP contribution in [0.3, 0.4) is 0 Å². The molecule has 0 aromatic carbocycles. The highest BCUT2D eigenvalue weighted by molar-refractivity contribution is 5.17. The Balaban J connectivity index is 2.57. The summed E-state index contributed by atoms with van der Waals surface area (Å²) in [4.78, 5) is 0. The molecule has 2 aliphatic heterocycles. The van der Waals surface area contributed by atoms with Crippen LogP contribution in [0.15, 0.2) is 0 Å². The van der Waals surface area contributed by atoms with Crippen molar-refractivity contribution in [1.29, 1.82) is 0 Å². The maximum Gasteiger partial charge on any atom is 0.233 e. The molecule has 0 bridgehead atoms. The van der Waals surface area contributed by atoms with Gasteiger partial charge in [0, 0.05) is 0 Å². The Morgan fingerprint density at radius 1 is 0.957 bits per heavy atom. The van der Waals surface area contributed by atoms with E-state index >= 15 is 0 Å². The largest absolute Gasteiger partial charge is 0.391 e. The number of ether oxygens (including phenoxy) is 2. The van der Waals surface area contributed by atoms with Crippen LogP contribution in [0.25, 0.3) is 0 Å². The molecule has 0 amide bonds. The first-order valence-corrected chi connectivity index (χ1v) is 6.96. The third-order valence-electron chi connectivity index (χ3n) is 4.56. The smallest absolute Gasteiger partial charge is 0.233 e. The van der Waals surface area contributed by atoms with Crippen molar-refractivity contribution in [2.75, 3.05) is 13.2 Å². The number of hydrogen-bond donors (Lipinski definition) is 9. The molecule has 0 spiro atoms. The van der Waals surface area contributed by atoms with Crippen molar-refractivity contribution < 1.29 is 55.4 Å². The molecule has 0 aromatic heterocycles. The van der Waals surface area contributed by atoms with Gasteiger partial charge in [0.15, 0.2) is 0 Å². The van der Waals surface area contributed by atoms with Crippen LogP contribution in [-0.2, 0) is 9.47 Å². The fourth-order valence-corrected chi connectivity index (χ4v) is 3.03. The summed E-state index contributed by atoms with van der Waals surface area (Å²) in [5.74, 6) is -6.33. The van der Waals surface area contributed by atoms with Gasteiger partial charge in [-0.1, -0.05) is 0 Å². The second-order valence-electron chi connectivity index (χ2n) is 5.98. The van der Waals surface area contributed by atoms with Crippen molar-refractivity contribution >= 4 is 0 Å². The molecule has 136 valence electrons. The SMILES string of the molecule is C[C@@H]1OC(O)([C@@]2(O)[C@H](O)[C@H](O)CO[C@@]2(O)CO)[C@H](O)[C@H](O)[C@H]1O. The van der Waals surface area contributed by atoms with E-state index in [2.05, 4.69) is 0 Å². The van der Waals surface area contributed by atoms with Gasteiger partial charge in [-0.2, -0.15) is 0 Å². The van der Waals surface area contributed by atoms with Gasteiger partial charge < -0.3 is 55.4 Å². The van der Waals surface area contributed by atoms with Gasteiger partial charge in [-0.05, 0) is 6.92 Å². The summed E-state index contributed by atoms with van der Waals surface area (Å²) >= 11 is 0. The van der Waals surface area contributed by atoms with Gasteiger partial charge in [0.2, 0.25) is 17.2 Å². The van der Waals surface area contributed by atoms with Gasteiger partial charge in [-0.25, -0.2) is 0 Å². The van der Waals surface area contributed by atoms with Gasteiger partial charge >= 0.3 is 0 Å². The fraction of sp³-hybridized carbons (Fsp3) is 1.00. The van der Waals surface area contributed by atoms with Gasteiger partial charge in [0.25, 0.3) is 0 Å². The first kappa shape index (κ1) is 18.9. The molecular formula is C12H22O11. The van der Waals surface area contributed by atoms with Crippen LogP contribution in [0, 0.1) is 0 Å². The zero-order valence-electron chi connectivity index (χ0n) is 12.2. The first-order chi connectivity index (χ1) is 10.5. The highest BCUT2D eigenvalue weighted by atomic mass is 16.7. The average molecular weight is 342 g/mol. The highest BCUT2D eigenvalue weighted by Crippen LogP contribution is 2.47. The summed E-state index contributed by atoms with van der Waals surface area (Å²) in [6.07, 6.45) is -11.6. The highest BCUT2D eigenvalue weighted by Gasteiger charge is 2.76. The second-order valence-corrected chi connectivity index (χ2v) is 5.98. The third kappa shape index (κ3) is 2.33. The van der Waals surface area contributed by atoms with Gasteiger partial charge in [0.05, 0.1) is 12.7 Å². The maximum atomic E-state index is 10.7. The lowest BCUT2D eigenvalue weighted by molar-refractivity contribution is -0.482. The predicted molar refractivity (Wildman–Crippen MR) is 68.5 cm³/mol. The summed E-state index contributed by atoms with van der Waals surface area (Å²) in [5.41, 5.74) is -3.36. The van der Waals surface area contributed by atoms with Gasteiger partial charge in [0.1, 0.15) is 37.1 Å². The summed E-state index contributed by atoms with van der Waals surface area (Å²) in [6.45, 7) is -0.870. The van der Waals surface area contributed by atoms with Crippen LogP contribution in [-0.4, -0.2) is 113 Å². The lowest BCUT2D eigenvalue weighted by atomic mass is 9.70. The Labute approximate surface area is 130 Å². The van der Waals surface area contributed by atoms with Crippen molar-refractivity contribution in [3.8, 4) is 0 Å². The van der Waals surface area contributed by atoms with Crippen LogP contribution in [0.4, 0.5) is 0 Å². The number of aliphatic hydroxyl groups is 9. The Bertz CT molecular complexity index is 449. The van der Waals surface area contributed by atoms with Crippen LogP contribution < -0.4 is 0 Å². The van der Waals surface area contributed by atoms with E-state index < -0.39 is 67.0 Å². The standard InChI is InChI=1S/C12H22O11/c1-4-6(15)7(16)9(18)12(21,23-4)11(20)8(17)5(14)2-22-10(11,19)3-13/h4-9,13-21H,2-3H2,1H3/t4-,5+,6-,7+,8+,9+,10-,11+,12?/m0/s1. The fourth-order valence-electron chi connectivity index (χ4n) is 3.03. The molecule has 9 atom stereocenters. The Hall–Kier alpha value is -0.440. The minimum absolute atomic E-state index is 0.701. The van der Waals surface area contributed by atoms with E-state index in [1.165, 1.54) is 6.92 Å². The normalized spacial score (nSPS) is 58.2. The minimum Gasteiger partial charge on any atom is -0.391 e. The lowest BCUT2D eigenvalue weighted by Crippen LogP contribution is -2.85. The topological polar surface area (TPSA) is 201 Å². The van der Waals surface area contributed by atoms with Crippen molar-refractivity contribution in [2.45, 2.75) is 60.7 Å². The molecule has 2 fully saturated rings. The Morgan fingerprint density at radius 3 is 2.04 bits per heavy atom. The minimum atomic E-state index is -3.36. The van der Waals surface area contributed by atoms with Crippen LogP contribution in [0.1, 0.15) is 6.92 Å². The van der Waals surface area contributed by atoms with Gasteiger partial charge in [-0.3, -0.25) is 0 Å². The quantitative estimate of drug-likeness (QED) is 0.231. The number of aliphatic hydroxyl groups excluding tert-OH is 6. The number of rotatable bonds is 2. The monoisotopic (exact) mass is 342 g/mol. The van der Waals surface area contributed by atoms with E-state index in [0.717, 1.165) is 0 Å². The molecule has 2 saturated heterocycles. The Kier molecular flexibility index (Phi) is 4.78. The zero-order valence-corrected chi connectivity index (χ0v) is 12.2. The summed E-state index contributed by atoms with van der Waals surface area (Å²) in [6, 6.07) is 0. The van der Waals surface area contributed by atoms with Crippen LogP contribution >= 0.6 is 0 Å². The van der Waals surface area contributed by atoms with Gasteiger partial charge in [-0.15, -0.1) is 0 Å². The van der Waals surface area contributed by atoms with Crippen LogP contribution in [0.2, 0.25) is 0 Å². The zero-order chi connectivity index (χ0) is 17.8. The van der Waals surface area contributed by atoms with E-state index in [-0.39, 0.29) is 0 Å². The Morgan fingerprint density at radius 2 is 1.52 bits per heavy atom. The average Bonchev–Trinajstić information content (AvgIpc) is 2.52. The van der Waals surface area contributed by atoms with Crippen molar-refractivity contribution in [1.82, 2.24) is 0 Å². The molecule has 0 radical (unpaired) electrons. The molecule has 11 heteroatoms. The molecule has 0 aliphatic carbocycles. The third-order valence-corrected chi connectivity index (χ3v) is 4.56. The molecule has 2 heterocycles. The summed E-state index contributed by atoms with van der Waals surface area (Å²) in [5, 5.41) is 90.2. The van der Waals surface area contributed by atoms with Crippen LogP contribution in [0.5, 0.6) is 0 Å². The molecule has 0 aromatic rings. The molecule has 9 N–H and O–H groups in total. The first-order valence-electron chi connectivity index (χ1n) is 6.96. The molecule has 23 heavy (non-hydrogen) atoms. The van der Waals surface area contributed by atoms with Crippen molar-refractivity contribution in [3.05, 3.63) is 0 Å². The molecular weight excluding hydrogens is 320 g/mol. The van der Waals surface area contributed by atoms with Crippen molar-refractivity contribution in [3.63, 3.8) is 0 Å². The molecule has 0 saturated carbocycles. The summed E-state index contributed by atoms with van der Waals surface area (Å²) < 4.78 is 9.68. The predicted octanol–water partition coefficient (Wildman–Crippen LogP) is -5.66. The van der Waals surface area contributed by atoms with Crippen molar-refractivity contribution in [2.24, 2.45) is 0 Å². The van der Waals surface area contributed by atoms with E-state index in [1.54, 1.807) is 0 Å². The molecule has 2 aliphatic rings. The summed E-state index contributed by atoms with van der Waals surface area (Å²) in [7, 11) is 0. The lowest BCUT2D eigenvalue weighted by Gasteiger charge is -2.59. The van der Waals surface area contributed by atoms with E-state index in [4.69, 9.17) is 9.47 Å². The maximum absolute atomic E-state index is 10.7. The van der Waals surface area contributed by atoms with E-state index in [9.17, 15) is 46.0 Å². The molecule has 2 rings (SSSR count). The number of hydrogen-bond acceptors (Lipinski definition) is 11. The molecule has 11 nitrogen and oxygen atoms in total. The second kappa shape index (κ2) is 5.82. The van der Waals surface area contributed by atoms with E-state index in [1.807, 2.05) is 0 Å². The van der Waals surface area contributed by atoms with E-state index in [0.29, 0.717) is 0 Å².